The normalized spacial score (nSPS) is 17.9. The van der Waals surface area contributed by atoms with E-state index in [-0.39, 0.29) is 0 Å². The standard InChI is InChI=1S/C16H25NO/c1-16(2,3)11-12-4-5-15(18)14(10-12)13-6-8-17-9-7-13/h4-5,10,13,17-18H,6-9,11H2,1-3H3. The van der Waals surface area contributed by atoms with Crippen molar-refractivity contribution in [2.45, 2.75) is 46.0 Å². The minimum Gasteiger partial charge on any atom is -0.508 e. The van der Waals surface area contributed by atoms with Gasteiger partial charge in [0.1, 0.15) is 5.75 Å². The van der Waals surface area contributed by atoms with E-state index < -0.39 is 0 Å². The fourth-order valence-corrected chi connectivity index (χ4v) is 2.79. The summed E-state index contributed by atoms with van der Waals surface area (Å²) < 4.78 is 0. The fourth-order valence-electron chi connectivity index (χ4n) is 2.79. The largest absolute Gasteiger partial charge is 0.508 e. The topological polar surface area (TPSA) is 32.3 Å². The summed E-state index contributed by atoms with van der Waals surface area (Å²) in [7, 11) is 0. The minimum absolute atomic E-state index is 0.294. The zero-order valence-electron chi connectivity index (χ0n) is 11.8. The van der Waals surface area contributed by atoms with Gasteiger partial charge in [0.2, 0.25) is 0 Å². The average molecular weight is 247 g/mol. The van der Waals surface area contributed by atoms with Gasteiger partial charge in [0, 0.05) is 0 Å². The predicted molar refractivity (Wildman–Crippen MR) is 76.1 cm³/mol. The van der Waals surface area contributed by atoms with Gasteiger partial charge >= 0.3 is 0 Å². The molecule has 0 radical (unpaired) electrons. The molecule has 18 heavy (non-hydrogen) atoms. The lowest BCUT2D eigenvalue weighted by atomic mass is 9.84. The molecule has 0 amide bonds. The van der Waals surface area contributed by atoms with Crippen LogP contribution in [-0.2, 0) is 6.42 Å². The summed E-state index contributed by atoms with van der Waals surface area (Å²) in [5.41, 5.74) is 2.79. The molecule has 0 aliphatic carbocycles. The van der Waals surface area contributed by atoms with Crippen molar-refractivity contribution < 1.29 is 5.11 Å². The Labute approximate surface area is 110 Å². The highest BCUT2D eigenvalue weighted by Crippen LogP contribution is 2.34. The van der Waals surface area contributed by atoms with Crippen molar-refractivity contribution in [2.24, 2.45) is 5.41 Å². The van der Waals surface area contributed by atoms with E-state index in [2.05, 4.69) is 38.2 Å². The molecule has 100 valence electrons. The second kappa shape index (κ2) is 5.31. The molecule has 0 bridgehead atoms. The maximum Gasteiger partial charge on any atom is 0.119 e. The summed E-state index contributed by atoms with van der Waals surface area (Å²) in [6.45, 7) is 8.89. The van der Waals surface area contributed by atoms with E-state index in [9.17, 15) is 5.11 Å². The van der Waals surface area contributed by atoms with E-state index in [1.807, 2.05) is 6.07 Å². The first-order valence-corrected chi connectivity index (χ1v) is 6.98. The second-order valence-corrected chi connectivity index (χ2v) is 6.65. The van der Waals surface area contributed by atoms with Crippen molar-refractivity contribution in [1.29, 1.82) is 0 Å². The molecule has 1 aromatic carbocycles. The summed E-state index contributed by atoms with van der Waals surface area (Å²) in [6, 6.07) is 6.15. The monoisotopic (exact) mass is 247 g/mol. The number of hydrogen-bond acceptors (Lipinski definition) is 2. The van der Waals surface area contributed by atoms with Crippen LogP contribution in [0.2, 0.25) is 0 Å². The van der Waals surface area contributed by atoms with Gasteiger partial charge in [0.05, 0.1) is 0 Å². The molecule has 1 fully saturated rings. The fraction of sp³-hybridized carbons (Fsp3) is 0.625. The SMILES string of the molecule is CC(C)(C)Cc1ccc(O)c(C2CCNCC2)c1. The lowest BCUT2D eigenvalue weighted by molar-refractivity contribution is 0.406. The highest BCUT2D eigenvalue weighted by molar-refractivity contribution is 5.39. The molecule has 2 heteroatoms. The van der Waals surface area contributed by atoms with Crippen molar-refractivity contribution in [3.05, 3.63) is 29.3 Å². The molecule has 1 heterocycles. The van der Waals surface area contributed by atoms with E-state index in [0.29, 0.717) is 17.1 Å². The van der Waals surface area contributed by atoms with Gasteiger partial charge in [-0.25, -0.2) is 0 Å². The Morgan fingerprint density at radius 1 is 1.22 bits per heavy atom. The minimum atomic E-state index is 0.294. The lowest BCUT2D eigenvalue weighted by Gasteiger charge is -2.25. The first-order chi connectivity index (χ1) is 8.46. The highest BCUT2D eigenvalue weighted by atomic mass is 16.3. The van der Waals surface area contributed by atoms with E-state index in [1.165, 1.54) is 5.56 Å². The molecule has 2 N–H and O–H groups in total. The van der Waals surface area contributed by atoms with E-state index in [0.717, 1.165) is 37.9 Å². The van der Waals surface area contributed by atoms with Crippen molar-refractivity contribution >= 4 is 0 Å². The Morgan fingerprint density at radius 3 is 2.50 bits per heavy atom. The number of hydrogen-bond donors (Lipinski definition) is 2. The number of benzene rings is 1. The highest BCUT2D eigenvalue weighted by Gasteiger charge is 2.19. The summed E-state index contributed by atoms with van der Waals surface area (Å²) in [6.07, 6.45) is 3.32. The number of phenols is 1. The third-order valence-electron chi connectivity index (χ3n) is 3.61. The maximum absolute atomic E-state index is 10.1. The average Bonchev–Trinajstić information content (AvgIpc) is 2.31. The van der Waals surface area contributed by atoms with E-state index >= 15 is 0 Å². The molecule has 1 aliphatic rings. The van der Waals surface area contributed by atoms with Crippen molar-refractivity contribution in [1.82, 2.24) is 5.32 Å². The van der Waals surface area contributed by atoms with Crippen LogP contribution >= 0.6 is 0 Å². The van der Waals surface area contributed by atoms with Gasteiger partial charge in [-0.15, -0.1) is 0 Å². The first-order valence-electron chi connectivity index (χ1n) is 6.98. The van der Waals surface area contributed by atoms with Crippen LogP contribution in [-0.4, -0.2) is 18.2 Å². The number of aromatic hydroxyl groups is 1. The van der Waals surface area contributed by atoms with Gasteiger partial charge in [-0.2, -0.15) is 0 Å². The number of piperidine rings is 1. The molecule has 0 saturated carbocycles. The molecule has 2 rings (SSSR count). The van der Waals surface area contributed by atoms with Gasteiger partial charge in [-0.05, 0) is 60.9 Å². The smallest absolute Gasteiger partial charge is 0.119 e. The quantitative estimate of drug-likeness (QED) is 0.839. The Balaban J connectivity index is 2.20. The van der Waals surface area contributed by atoms with Crippen LogP contribution in [0.5, 0.6) is 5.75 Å². The van der Waals surface area contributed by atoms with Gasteiger partial charge in [0.25, 0.3) is 0 Å². The molecular weight excluding hydrogens is 222 g/mol. The van der Waals surface area contributed by atoms with Crippen LogP contribution in [0.3, 0.4) is 0 Å². The molecule has 0 spiro atoms. The van der Waals surface area contributed by atoms with Crippen molar-refractivity contribution in [2.75, 3.05) is 13.1 Å². The summed E-state index contributed by atoms with van der Waals surface area (Å²) in [5, 5.41) is 13.4. The number of rotatable bonds is 2. The van der Waals surface area contributed by atoms with Crippen LogP contribution in [0.1, 0.15) is 50.7 Å². The van der Waals surface area contributed by atoms with Gasteiger partial charge in [-0.3, -0.25) is 0 Å². The summed E-state index contributed by atoms with van der Waals surface area (Å²) in [5.74, 6) is 0.991. The van der Waals surface area contributed by atoms with Crippen LogP contribution in [0.25, 0.3) is 0 Å². The first kappa shape index (κ1) is 13.4. The van der Waals surface area contributed by atoms with Crippen molar-refractivity contribution in [3.63, 3.8) is 0 Å². The van der Waals surface area contributed by atoms with Crippen LogP contribution in [0.15, 0.2) is 18.2 Å². The summed E-state index contributed by atoms with van der Waals surface area (Å²) >= 11 is 0. The maximum atomic E-state index is 10.1. The molecule has 1 aliphatic heterocycles. The van der Waals surface area contributed by atoms with Gasteiger partial charge < -0.3 is 10.4 Å². The Hall–Kier alpha value is -1.02. The van der Waals surface area contributed by atoms with Gasteiger partial charge in [0.15, 0.2) is 0 Å². The molecular formula is C16H25NO. The summed E-state index contributed by atoms with van der Waals surface area (Å²) in [4.78, 5) is 0. The van der Waals surface area contributed by atoms with Crippen LogP contribution in [0.4, 0.5) is 0 Å². The zero-order chi connectivity index (χ0) is 13.2. The Kier molecular flexibility index (Phi) is 3.96. The second-order valence-electron chi connectivity index (χ2n) is 6.65. The number of nitrogens with one attached hydrogen (secondary N) is 1. The Bertz CT molecular complexity index is 400. The lowest BCUT2D eigenvalue weighted by Crippen LogP contribution is -2.26. The third-order valence-corrected chi connectivity index (χ3v) is 3.61. The zero-order valence-corrected chi connectivity index (χ0v) is 11.8. The van der Waals surface area contributed by atoms with Crippen molar-refractivity contribution in [3.8, 4) is 5.75 Å². The molecule has 0 aromatic heterocycles. The van der Waals surface area contributed by atoms with E-state index in [4.69, 9.17) is 0 Å². The molecule has 2 nitrogen and oxygen atoms in total. The number of phenolic OH excluding ortho intramolecular Hbond substituents is 1. The molecule has 1 aromatic rings. The molecule has 1 saturated heterocycles. The van der Waals surface area contributed by atoms with Crippen LogP contribution < -0.4 is 5.32 Å². The Morgan fingerprint density at radius 2 is 1.89 bits per heavy atom. The third kappa shape index (κ3) is 3.49. The predicted octanol–water partition coefficient (Wildman–Crippen LogP) is 3.45. The van der Waals surface area contributed by atoms with Crippen LogP contribution in [0, 0.1) is 5.41 Å². The van der Waals surface area contributed by atoms with Gasteiger partial charge in [-0.1, -0.05) is 32.9 Å². The molecule has 0 unspecified atom stereocenters. The van der Waals surface area contributed by atoms with E-state index in [1.54, 1.807) is 0 Å². The molecule has 0 atom stereocenters.